The van der Waals surface area contributed by atoms with E-state index >= 15 is 0 Å². The normalized spacial score (nSPS) is 23.8. The summed E-state index contributed by atoms with van der Waals surface area (Å²) in [6.07, 6.45) is 5.05. The Bertz CT molecular complexity index is 877. The van der Waals surface area contributed by atoms with Crippen molar-refractivity contribution in [3.8, 4) is 0 Å². The Morgan fingerprint density at radius 3 is 2.81 bits per heavy atom. The molecule has 2 atom stereocenters. The third-order valence-corrected chi connectivity index (χ3v) is 7.09. The topological polar surface area (TPSA) is 80.5 Å². The van der Waals surface area contributed by atoms with Crippen LogP contribution in [0.1, 0.15) is 29.9 Å². The number of allylic oxidation sites excluding steroid dienone is 3. The molecule has 140 valence electrons. The van der Waals surface area contributed by atoms with Crippen molar-refractivity contribution in [3.63, 3.8) is 0 Å². The molecule has 0 saturated carbocycles. The second-order valence-corrected chi connectivity index (χ2v) is 9.16. The number of nitrogens with zero attached hydrogens (tertiary/aromatic N) is 1. The molecule has 7 heteroatoms. The number of carbonyl (C=O) groups is 1. The smallest absolute Gasteiger partial charge is 0.231 e. The Hall–Kier alpha value is -1.99. The molecule has 2 aliphatic rings. The van der Waals surface area contributed by atoms with Gasteiger partial charge < -0.3 is 5.73 Å². The van der Waals surface area contributed by atoms with Crippen LogP contribution in [-0.4, -0.2) is 44.1 Å². The van der Waals surface area contributed by atoms with Gasteiger partial charge in [0.15, 0.2) is 9.84 Å². The van der Waals surface area contributed by atoms with Crippen molar-refractivity contribution in [2.75, 3.05) is 19.6 Å². The van der Waals surface area contributed by atoms with Gasteiger partial charge in [0.2, 0.25) is 5.91 Å². The number of carbonyl (C=O) groups excluding carboxylic acids is 1. The molecule has 2 N–H and O–H groups in total. The zero-order valence-electron chi connectivity index (χ0n) is 14.7. The first-order chi connectivity index (χ1) is 12.3. The molecule has 5 nitrogen and oxygen atoms in total. The van der Waals surface area contributed by atoms with Crippen molar-refractivity contribution in [2.45, 2.75) is 35.8 Å². The van der Waals surface area contributed by atoms with Gasteiger partial charge in [-0.15, -0.1) is 0 Å². The highest BCUT2D eigenvalue weighted by Crippen LogP contribution is 2.32. The van der Waals surface area contributed by atoms with Crippen molar-refractivity contribution < 1.29 is 17.6 Å². The average molecular weight is 378 g/mol. The number of hydrogen-bond donors (Lipinski definition) is 1. The highest BCUT2D eigenvalue weighted by atomic mass is 32.2. The number of nitrogens with two attached hydrogens (primary N) is 1. The summed E-state index contributed by atoms with van der Waals surface area (Å²) in [6, 6.07) is 5.13. The highest BCUT2D eigenvalue weighted by molar-refractivity contribution is 7.92. The first-order valence-corrected chi connectivity index (χ1v) is 10.2. The minimum Gasteiger partial charge on any atom is -0.369 e. The Morgan fingerprint density at radius 2 is 2.15 bits per heavy atom. The van der Waals surface area contributed by atoms with Crippen molar-refractivity contribution in [2.24, 2.45) is 5.73 Å². The van der Waals surface area contributed by atoms with E-state index in [9.17, 15) is 17.6 Å². The van der Waals surface area contributed by atoms with E-state index < -0.39 is 20.9 Å². The molecule has 26 heavy (non-hydrogen) atoms. The monoisotopic (exact) mass is 378 g/mol. The van der Waals surface area contributed by atoms with Gasteiger partial charge in [0, 0.05) is 13.0 Å². The third-order valence-electron chi connectivity index (χ3n) is 5.06. The van der Waals surface area contributed by atoms with Crippen molar-refractivity contribution in [1.82, 2.24) is 4.90 Å². The van der Waals surface area contributed by atoms with Crippen LogP contribution in [0.25, 0.3) is 0 Å². The zero-order valence-corrected chi connectivity index (χ0v) is 15.5. The van der Waals surface area contributed by atoms with E-state index in [-0.39, 0.29) is 29.7 Å². The van der Waals surface area contributed by atoms with Gasteiger partial charge in [-0.25, -0.2) is 12.8 Å². The molecule has 0 bridgehead atoms. The lowest BCUT2D eigenvalue weighted by Gasteiger charge is -2.19. The van der Waals surface area contributed by atoms with E-state index in [1.54, 1.807) is 12.1 Å². The number of rotatable bonds is 5. The Balaban J connectivity index is 1.79. The van der Waals surface area contributed by atoms with Crippen molar-refractivity contribution in [3.05, 3.63) is 53.4 Å². The van der Waals surface area contributed by atoms with Crippen LogP contribution in [0.3, 0.4) is 0 Å². The first kappa shape index (κ1) is 18.8. The molecule has 1 aliphatic heterocycles. The van der Waals surface area contributed by atoms with Gasteiger partial charge in [-0.1, -0.05) is 18.2 Å². The van der Waals surface area contributed by atoms with Gasteiger partial charge in [0.05, 0.1) is 16.7 Å². The van der Waals surface area contributed by atoms with Gasteiger partial charge in [0.1, 0.15) is 5.83 Å². The molecule has 0 radical (unpaired) electrons. The minimum atomic E-state index is -3.62. The standard InChI is InChI=1S/C19H23FN2O3S/c1-13-9-17(26(24,25)16-4-2-3-15(20)10-16)5-6-18(13)14-7-8-22(11-14)12-19(21)23/h2-6,9,14,16H,7-8,10-12H2,1H3,(H2,21,23). The Labute approximate surface area is 153 Å². The van der Waals surface area contributed by atoms with E-state index in [1.807, 2.05) is 17.9 Å². The van der Waals surface area contributed by atoms with Crippen LogP contribution in [0.4, 0.5) is 4.39 Å². The molecule has 1 heterocycles. The summed E-state index contributed by atoms with van der Waals surface area (Å²) in [7, 11) is -3.62. The molecule has 3 rings (SSSR count). The molecular weight excluding hydrogens is 355 g/mol. The fourth-order valence-electron chi connectivity index (χ4n) is 3.73. The predicted octanol–water partition coefficient (Wildman–Crippen LogP) is 2.23. The lowest BCUT2D eigenvalue weighted by Crippen LogP contribution is -2.31. The molecule has 1 fully saturated rings. The molecule has 0 spiro atoms. The third kappa shape index (κ3) is 3.88. The van der Waals surface area contributed by atoms with Crippen LogP contribution >= 0.6 is 0 Å². The number of amides is 1. The fraction of sp³-hybridized carbons (Fsp3) is 0.421. The largest absolute Gasteiger partial charge is 0.369 e. The second-order valence-electron chi connectivity index (χ2n) is 6.99. The number of sulfone groups is 1. The van der Waals surface area contributed by atoms with Gasteiger partial charge in [-0.2, -0.15) is 0 Å². The number of benzene rings is 1. The molecule has 1 aromatic carbocycles. The average Bonchev–Trinajstić information content (AvgIpc) is 3.02. The van der Waals surface area contributed by atoms with Crippen LogP contribution < -0.4 is 5.73 Å². The quantitative estimate of drug-likeness (QED) is 0.852. The number of aryl methyl sites for hydroxylation is 1. The Morgan fingerprint density at radius 1 is 1.38 bits per heavy atom. The van der Waals surface area contributed by atoms with Gasteiger partial charge in [0.25, 0.3) is 0 Å². The number of likely N-dealkylation sites (tertiary alicyclic amines) is 1. The van der Waals surface area contributed by atoms with Crippen LogP contribution in [0.5, 0.6) is 0 Å². The van der Waals surface area contributed by atoms with Gasteiger partial charge >= 0.3 is 0 Å². The molecule has 1 aromatic rings. The molecule has 1 saturated heterocycles. The van der Waals surface area contributed by atoms with Crippen molar-refractivity contribution in [1.29, 1.82) is 0 Å². The minimum absolute atomic E-state index is 0.121. The van der Waals surface area contributed by atoms with E-state index in [0.29, 0.717) is 0 Å². The summed E-state index contributed by atoms with van der Waals surface area (Å²) < 4.78 is 39.0. The lowest BCUT2D eigenvalue weighted by molar-refractivity contribution is -0.118. The van der Waals surface area contributed by atoms with E-state index in [0.717, 1.165) is 30.6 Å². The molecule has 1 amide bonds. The van der Waals surface area contributed by atoms with Gasteiger partial charge in [-0.3, -0.25) is 9.69 Å². The molecule has 1 aliphatic carbocycles. The number of primary amides is 1. The number of halogens is 1. The van der Waals surface area contributed by atoms with E-state index in [1.165, 1.54) is 18.2 Å². The van der Waals surface area contributed by atoms with Crippen LogP contribution in [-0.2, 0) is 14.6 Å². The van der Waals surface area contributed by atoms with E-state index in [2.05, 4.69) is 0 Å². The number of hydrogen-bond acceptors (Lipinski definition) is 4. The second kappa shape index (κ2) is 7.32. The maximum Gasteiger partial charge on any atom is 0.231 e. The maximum absolute atomic E-state index is 13.5. The molecule has 2 unspecified atom stereocenters. The highest BCUT2D eigenvalue weighted by Gasteiger charge is 2.30. The van der Waals surface area contributed by atoms with Crippen LogP contribution in [0, 0.1) is 6.92 Å². The summed E-state index contributed by atoms with van der Waals surface area (Å²) >= 11 is 0. The predicted molar refractivity (Wildman–Crippen MR) is 98.1 cm³/mol. The van der Waals surface area contributed by atoms with Crippen LogP contribution in [0.15, 0.2) is 47.1 Å². The SMILES string of the molecule is Cc1cc(S(=O)(=O)C2C=CC=C(F)C2)ccc1C1CCN(CC(N)=O)C1. The summed E-state index contributed by atoms with van der Waals surface area (Å²) in [4.78, 5) is 13.3. The summed E-state index contributed by atoms with van der Waals surface area (Å²) in [5.74, 6) is -0.512. The lowest BCUT2D eigenvalue weighted by atomic mass is 9.94. The fourth-order valence-corrected chi connectivity index (χ4v) is 5.36. The van der Waals surface area contributed by atoms with Crippen LogP contribution in [0.2, 0.25) is 0 Å². The first-order valence-electron chi connectivity index (χ1n) is 8.65. The van der Waals surface area contributed by atoms with Crippen molar-refractivity contribution >= 4 is 15.7 Å². The summed E-state index contributed by atoms with van der Waals surface area (Å²) in [6.45, 7) is 3.67. The molecular formula is C19H23FN2O3S. The zero-order chi connectivity index (χ0) is 18.9. The molecule has 0 aromatic heterocycles. The summed E-state index contributed by atoms with van der Waals surface area (Å²) in [5, 5.41) is -0.865. The van der Waals surface area contributed by atoms with E-state index in [4.69, 9.17) is 5.73 Å². The maximum atomic E-state index is 13.5. The van der Waals surface area contributed by atoms with Gasteiger partial charge in [-0.05, 0) is 55.1 Å². The Kier molecular flexibility index (Phi) is 5.29. The summed E-state index contributed by atoms with van der Waals surface area (Å²) in [5.41, 5.74) is 7.23.